The van der Waals surface area contributed by atoms with E-state index in [1.54, 1.807) is 18.5 Å². The zero-order chi connectivity index (χ0) is 11.0. The maximum absolute atomic E-state index is 5.51. The van der Waals surface area contributed by atoms with Crippen molar-refractivity contribution < 1.29 is 0 Å². The topological polar surface area (TPSA) is 93.4 Å². The zero-order valence-electron chi connectivity index (χ0n) is 8.25. The van der Waals surface area contributed by atoms with E-state index in [4.69, 9.17) is 5.73 Å². The van der Waals surface area contributed by atoms with Crippen molar-refractivity contribution in [3.8, 4) is 11.5 Å². The molecule has 78 valence electrons. The van der Waals surface area contributed by atoms with Crippen LogP contribution in [0.4, 0.5) is 5.95 Å². The van der Waals surface area contributed by atoms with E-state index in [-0.39, 0.29) is 5.95 Å². The van der Waals surface area contributed by atoms with Crippen LogP contribution in [0.5, 0.6) is 0 Å². The molecule has 16 heavy (non-hydrogen) atoms. The molecule has 0 unspecified atom stereocenters. The van der Waals surface area contributed by atoms with Gasteiger partial charge in [0.25, 0.3) is 0 Å². The first-order valence-corrected chi connectivity index (χ1v) is 4.72. The summed E-state index contributed by atoms with van der Waals surface area (Å²) in [5, 5.41) is 0. The third-order valence-corrected chi connectivity index (χ3v) is 2.17. The molecule has 0 amide bonds. The third-order valence-electron chi connectivity index (χ3n) is 2.17. The molecule has 6 nitrogen and oxygen atoms in total. The van der Waals surface area contributed by atoms with Gasteiger partial charge in [-0.05, 0) is 18.2 Å². The minimum atomic E-state index is 0.228. The third kappa shape index (κ3) is 1.36. The highest BCUT2D eigenvalue weighted by Crippen LogP contribution is 2.16. The number of pyridine rings is 1. The Balaban J connectivity index is 2.19. The Bertz CT molecular complexity index is 611. The molecular weight excluding hydrogens is 204 g/mol. The van der Waals surface area contributed by atoms with Gasteiger partial charge in [0.2, 0.25) is 5.95 Å². The van der Waals surface area contributed by atoms with Crippen LogP contribution in [-0.2, 0) is 0 Å². The SMILES string of the molecule is Nc1nccc(-c2nc3ncccc3[nH]2)n1. The molecule has 3 heterocycles. The molecule has 0 aromatic carbocycles. The van der Waals surface area contributed by atoms with Crippen molar-refractivity contribution in [3.05, 3.63) is 30.6 Å². The monoisotopic (exact) mass is 212 g/mol. The van der Waals surface area contributed by atoms with Gasteiger partial charge in [0.05, 0.1) is 5.52 Å². The number of nitrogens with zero attached hydrogens (tertiary/aromatic N) is 4. The minimum absolute atomic E-state index is 0.228. The maximum Gasteiger partial charge on any atom is 0.220 e. The standard InChI is InChI=1S/C10H8N6/c11-10-13-5-3-7(15-10)9-14-6-2-1-4-12-8(6)16-9/h1-5H,(H2,11,13,15)(H,12,14,16). The molecule has 0 radical (unpaired) electrons. The van der Waals surface area contributed by atoms with E-state index in [0.29, 0.717) is 17.2 Å². The van der Waals surface area contributed by atoms with Crippen molar-refractivity contribution in [2.24, 2.45) is 0 Å². The molecule has 0 saturated carbocycles. The summed E-state index contributed by atoms with van der Waals surface area (Å²) in [6.07, 6.45) is 3.29. The van der Waals surface area contributed by atoms with Crippen LogP contribution in [0.15, 0.2) is 30.6 Å². The van der Waals surface area contributed by atoms with E-state index >= 15 is 0 Å². The zero-order valence-corrected chi connectivity index (χ0v) is 8.25. The van der Waals surface area contributed by atoms with Crippen LogP contribution in [0, 0.1) is 0 Å². The molecular formula is C10H8N6. The highest BCUT2D eigenvalue weighted by molar-refractivity contribution is 5.74. The molecule has 0 aliphatic heterocycles. The van der Waals surface area contributed by atoms with Gasteiger partial charge in [0.1, 0.15) is 5.69 Å². The lowest BCUT2D eigenvalue weighted by molar-refractivity contribution is 1.16. The highest BCUT2D eigenvalue weighted by Gasteiger charge is 2.06. The van der Waals surface area contributed by atoms with Crippen LogP contribution in [0.3, 0.4) is 0 Å². The quantitative estimate of drug-likeness (QED) is 0.627. The summed E-state index contributed by atoms with van der Waals surface area (Å²) in [6, 6.07) is 5.50. The summed E-state index contributed by atoms with van der Waals surface area (Å²) in [5.74, 6) is 0.869. The second kappa shape index (κ2) is 3.27. The van der Waals surface area contributed by atoms with E-state index in [9.17, 15) is 0 Å². The van der Waals surface area contributed by atoms with E-state index in [2.05, 4.69) is 24.9 Å². The van der Waals surface area contributed by atoms with E-state index < -0.39 is 0 Å². The van der Waals surface area contributed by atoms with Crippen LogP contribution in [0.25, 0.3) is 22.7 Å². The van der Waals surface area contributed by atoms with Gasteiger partial charge < -0.3 is 10.7 Å². The van der Waals surface area contributed by atoms with Crippen molar-refractivity contribution in [3.63, 3.8) is 0 Å². The maximum atomic E-state index is 5.51. The van der Waals surface area contributed by atoms with Gasteiger partial charge in [0.15, 0.2) is 11.5 Å². The number of H-pyrrole nitrogens is 1. The Morgan fingerprint density at radius 1 is 1.06 bits per heavy atom. The number of fused-ring (bicyclic) bond motifs is 1. The molecule has 0 saturated heterocycles. The lowest BCUT2D eigenvalue weighted by Crippen LogP contribution is -1.95. The van der Waals surface area contributed by atoms with Gasteiger partial charge in [-0.2, -0.15) is 0 Å². The number of nitrogen functional groups attached to an aromatic ring is 1. The van der Waals surface area contributed by atoms with Crippen molar-refractivity contribution >= 4 is 17.1 Å². The average molecular weight is 212 g/mol. The van der Waals surface area contributed by atoms with Gasteiger partial charge in [-0.15, -0.1) is 0 Å². The fraction of sp³-hybridized carbons (Fsp3) is 0. The Morgan fingerprint density at radius 2 is 2.00 bits per heavy atom. The van der Waals surface area contributed by atoms with Crippen LogP contribution in [0.2, 0.25) is 0 Å². The summed E-state index contributed by atoms with van der Waals surface area (Å²) in [5.41, 5.74) is 7.70. The molecule has 3 aromatic heterocycles. The van der Waals surface area contributed by atoms with Crippen LogP contribution >= 0.6 is 0 Å². The van der Waals surface area contributed by atoms with Crippen molar-refractivity contribution in [1.29, 1.82) is 0 Å². The number of aromatic amines is 1. The van der Waals surface area contributed by atoms with Crippen LogP contribution in [0.1, 0.15) is 0 Å². The van der Waals surface area contributed by atoms with Gasteiger partial charge in [0, 0.05) is 12.4 Å². The first-order valence-electron chi connectivity index (χ1n) is 4.72. The minimum Gasteiger partial charge on any atom is -0.368 e. The molecule has 3 aromatic rings. The predicted molar refractivity (Wildman–Crippen MR) is 59.3 cm³/mol. The normalized spacial score (nSPS) is 10.8. The molecule has 0 fully saturated rings. The fourth-order valence-electron chi connectivity index (χ4n) is 1.47. The molecule has 3 N–H and O–H groups in total. The fourth-order valence-corrected chi connectivity index (χ4v) is 1.47. The van der Waals surface area contributed by atoms with Crippen molar-refractivity contribution in [2.75, 3.05) is 5.73 Å². The summed E-state index contributed by atoms with van der Waals surface area (Å²) in [6.45, 7) is 0. The second-order valence-electron chi connectivity index (χ2n) is 3.26. The molecule has 6 heteroatoms. The summed E-state index contributed by atoms with van der Waals surface area (Å²) in [7, 11) is 0. The van der Waals surface area contributed by atoms with E-state index in [0.717, 1.165) is 5.52 Å². The van der Waals surface area contributed by atoms with Crippen LogP contribution in [-0.4, -0.2) is 24.9 Å². The van der Waals surface area contributed by atoms with E-state index in [1.807, 2.05) is 12.1 Å². The summed E-state index contributed by atoms with van der Waals surface area (Å²) >= 11 is 0. The molecule has 0 aliphatic carbocycles. The van der Waals surface area contributed by atoms with Crippen LogP contribution < -0.4 is 5.73 Å². The first-order chi connectivity index (χ1) is 7.83. The van der Waals surface area contributed by atoms with Gasteiger partial charge in [-0.3, -0.25) is 0 Å². The lowest BCUT2D eigenvalue weighted by Gasteiger charge is -1.95. The van der Waals surface area contributed by atoms with Gasteiger partial charge in [-0.25, -0.2) is 19.9 Å². The molecule has 0 atom stereocenters. The Labute approximate surface area is 90.6 Å². The molecule has 0 bridgehead atoms. The number of hydrogen-bond donors (Lipinski definition) is 2. The number of aromatic nitrogens is 5. The number of rotatable bonds is 1. The number of nitrogens with two attached hydrogens (primary N) is 1. The Morgan fingerprint density at radius 3 is 2.81 bits per heavy atom. The Hall–Kier alpha value is -2.50. The molecule has 0 aliphatic rings. The van der Waals surface area contributed by atoms with Gasteiger partial charge in [-0.1, -0.05) is 0 Å². The largest absolute Gasteiger partial charge is 0.368 e. The summed E-state index contributed by atoms with van der Waals surface area (Å²) in [4.78, 5) is 19.5. The van der Waals surface area contributed by atoms with Crippen molar-refractivity contribution in [1.82, 2.24) is 24.9 Å². The lowest BCUT2D eigenvalue weighted by atomic mass is 10.4. The van der Waals surface area contributed by atoms with Gasteiger partial charge >= 0.3 is 0 Å². The average Bonchev–Trinajstić information content (AvgIpc) is 2.72. The van der Waals surface area contributed by atoms with E-state index in [1.165, 1.54) is 0 Å². The second-order valence-corrected chi connectivity index (χ2v) is 3.26. The number of nitrogens with one attached hydrogen (secondary N) is 1. The highest BCUT2D eigenvalue weighted by atomic mass is 15.0. The first kappa shape index (κ1) is 8.78. The number of imidazole rings is 1. The predicted octanol–water partition coefficient (Wildman–Crippen LogP) is 0.997. The number of anilines is 1. The van der Waals surface area contributed by atoms with Crippen molar-refractivity contribution in [2.45, 2.75) is 0 Å². The molecule has 3 rings (SSSR count). The number of hydrogen-bond acceptors (Lipinski definition) is 5. The Kier molecular flexibility index (Phi) is 1.79. The molecule has 0 spiro atoms. The smallest absolute Gasteiger partial charge is 0.220 e. The summed E-state index contributed by atoms with van der Waals surface area (Å²) < 4.78 is 0.